The highest BCUT2D eigenvalue weighted by Crippen LogP contribution is 2.24. The second kappa shape index (κ2) is 17.6. The van der Waals surface area contributed by atoms with E-state index in [1.165, 1.54) is 24.3 Å². The molecule has 0 heterocycles. The molecule has 0 aliphatic carbocycles. The lowest BCUT2D eigenvalue weighted by Gasteiger charge is -2.09. The van der Waals surface area contributed by atoms with Crippen molar-refractivity contribution in [1.29, 1.82) is 0 Å². The van der Waals surface area contributed by atoms with Crippen LogP contribution in [0, 0.1) is 0 Å². The molecular formula is C35H30Cl4N6O4. The van der Waals surface area contributed by atoms with Gasteiger partial charge in [0, 0.05) is 34.3 Å². The Hall–Kier alpha value is -4.74. The van der Waals surface area contributed by atoms with Crippen LogP contribution in [0.4, 0.5) is 11.4 Å². The van der Waals surface area contributed by atoms with Gasteiger partial charge in [-0.15, -0.1) is 0 Å². The van der Waals surface area contributed by atoms with E-state index in [1.54, 1.807) is 74.5 Å². The first kappa shape index (κ1) is 37.1. The second-order valence-corrected chi connectivity index (χ2v) is 12.3. The molecule has 0 spiro atoms. The molecule has 0 atom stereocenters. The minimum atomic E-state index is -0.400. The van der Waals surface area contributed by atoms with Gasteiger partial charge in [-0.1, -0.05) is 70.7 Å². The maximum absolute atomic E-state index is 12.7. The Morgan fingerprint density at radius 1 is 0.571 bits per heavy atom. The van der Waals surface area contributed by atoms with Crippen molar-refractivity contribution < 1.29 is 19.2 Å². The molecular weight excluding hydrogens is 710 g/mol. The number of carbonyl (C=O) groups is 4. The van der Waals surface area contributed by atoms with E-state index in [4.69, 9.17) is 46.4 Å². The molecule has 0 aliphatic heterocycles. The van der Waals surface area contributed by atoms with E-state index in [0.717, 1.165) is 0 Å². The van der Waals surface area contributed by atoms with Gasteiger partial charge in [0.15, 0.2) is 0 Å². The maximum Gasteiger partial charge on any atom is 0.257 e. The maximum atomic E-state index is 12.7. The van der Waals surface area contributed by atoms with Crippen molar-refractivity contribution in [3.63, 3.8) is 0 Å². The number of halogens is 4. The van der Waals surface area contributed by atoms with Crippen molar-refractivity contribution >= 4 is 92.8 Å². The standard InChI is InChI=1S/C35H30Cl4N6O4/c1-20(22-6-3-8-26(16-22)40-34(48)28-14-12-24(36)18-30(28)38)42-44-32(46)10-5-11-33(47)45-43-21(2)23-7-4-9-27(17-23)41-35(49)29-15-13-25(37)19-31(29)39/h3-4,6-9,12-19H,5,10-11H2,1-2H3,(H,40,48)(H,41,49)(H,44,46)(H,45,47)/b42-20+,43-21+. The van der Waals surface area contributed by atoms with Crippen LogP contribution in [-0.4, -0.2) is 35.1 Å². The molecule has 4 rings (SSSR count). The third-order valence-corrected chi connectivity index (χ3v) is 8.03. The molecule has 10 nitrogen and oxygen atoms in total. The molecule has 0 saturated heterocycles. The van der Waals surface area contributed by atoms with Crippen molar-refractivity contribution in [3.8, 4) is 0 Å². The normalized spacial score (nSPS) is 11.5. The van der Waals surface area contributed by atoms with E-state index in [0.29, 0.717) is 44.0 Å². The van der Waals surface area contributed by atoms with E-state index in [2.05, 4.69) is 31.7 Å². The summed E-state index contributed by atoms with van der Waals surface area (Å²) < 4.78 is 0. The summed E-state index contributed by atoms with van der Waals surface area (Å²) in [4.78, 5) is 50.0. The lowest BCUT2D eigenvalue weighted by Crippen LogP contribution is -2.22. The van der Waals surface area contributed by atoms with Crippen LogP contribution >= 0.6 is 46.4 Å². The zero-order valence-electron chi connectivity index (χ0n) is 26.2. The van der Waals surface area contributed by atoms with Gasteiger partial charge in [0.1, 0.15) is 0 Å². The van der Waals surface area contributed by atoms with E-state index in [1.807, 2.05) is 0 Å². The van der Waals surface area contributed by atoms with E-state index >= 15 is 0 Å². The summed E-state index contributed by atoms with van der Waals surface area (Å²) in [7, 11) is 0. The average molecular weight is 740 g/mol. The van der Waals surface area contributed by atoms with Crippen LogP contribution in [0.25, 0.3) is 0 Å². The predicted molar refractivity (Wildman–Crippen MR) is 196 cm³/mol. The molecule has 4 N–H and O–H groups in total. The highest BCUT2D eigenvalue weighted by Gasteiger charge is 2.13. The van der Waals surface area contributed by atoms with Crippen molar-refractivity contribution in [1.82, 2.24) is 10.9 Å². The Balaban J connectivity index is 1.22. The number of benzene rings is 4. The summed E-state index contributed by atoms with van der Waals surface area (Å²) in [6.07, 6.45) is 0.388. The zero-order chi connectivity index (χ0) is 35.5. The fraction of sp³-hybridized carbons (Fsp3) is 0.143. The summed E-state index contributed by atoms with van der Waals surface area (Å²) in [6, 6.07) is 23.1. The smallest absolute Gasteiger partial charge is 0.257 e. The van der Waals surface area contributed by atoms with Crippen molar-refractivity contribution in [2.45, 2.75) is 33.1 Å². The van der Waals surface area contributed by atoms with Gasteiger partial charge in [-0.05, 0) is 92.1 Å². The second-order valence-electron chi connectivity index (χ2n) is 10.6. The highest BCUT2D eigenvalue weighted by atomic mass is 35.5. The minimum absolute atomic E-state index is 0.0597. The number of hydrazone groups is 2. The summed E-state index contributed by atoms with van der Waals surface area (Å²) in [6.45, 7) is 3.42. The number of anilines is 2. The topological polar surface area (TPSA) is 141 Å². The highest BCUT2D eigenvalue weighted by molar-refractivity contribution is 6.38. The average Bonchev–Trinajstić information content (AvgIpc) is 3.06. The van der Waals surface area contributed by atoms with Crippen molar-refractivity contribution in [2.75, 3.05) is 10.6 Å². The van der Waals surface area contributed by atoms with Crippen LogP contribution < -0.4 is 21.5 Å². The van der Waals surface area contributed by atoms with Gasteiger partial charge >= 0.3 is 0 Å². The summed E-state index contributed by atoms with van der Waals surface area (Å²) in [5, 5.41) is 15.2. The number of carbonyl (C=O) groups excluding carboxylic acids is 4. The number of hydrogen-bond donors (Lipinski definition) is 4. The number of rotatable bonds is 12. The molecule has 0 saturated carbocycles. The van der Waals surface area contributed by atoms with Gasteiger partial charge in [0.2, 0.25) is 11.8 Å². The number of hydrogen-bond acceptors (Lipinski definition) is 6. The first-order valence-corrected chi connectivity index (χ1v) is 16.3. The molecule has 0 aromatic heterocycles. The monoisotopic (exact) mass is 738 g/mol. The van der Waals surface area contributed by atoms with Gasteiger partial charge < -0.3 is 10.6 Å². The third-order valence-electron chi connectivity index (χ3n) is 6.93. The zero-order valence-corrected chi connectivity index (χ0v) is 29.3. The Labute approximate surface area is 302 Å². The molecule has 4 aromatic carbocycles. The van der Waals surface area contributed by atoms with Crippen LogP contribution in [-0.2, 0) is 9.59 Å². The number of nitrogens with zero attached hydrogens (tertiary/aromatic N) is 2. The predicted octanol–water partition coefficient (Wildman–Crippen LogP) is 8.36. The van der Waals surface area contributed by atoms with Gasteiger partial charge in [-0.2, -0.15) is 10.2 Å². The Morgan fingerprint density at radius 3 is 1.37 bits per heavy atom. The summed E-state index contributed by atoms with van der Waals surface area (Å²) >= 11 is 24.1. The fourth-order valence-corrected chi connectivity index (χ4v) is 5.32. The number of nitrogens with one attached hydrogen (secondary N) is 4. The lowest BCUT2D eigenvalue weighted by molar-refractivity contribution is -0.122. The lowest BCUT2D eigenvalue weighted by atomic mass is 10.1. The Kier molecular flexibility index (Phi) is 13.3. The summed E-state index contributed by atoms with van der Waals surface area (Å²) in [5.74, 6) is -1.54. The molecule has 0 bridgehead atoms. The van der Waals surface area contributed by atoms with Gasteiger partial charge in [-0.25, -0.2) is 10.9 Å². The van der Waals surface area contributed by atoms with Crippen LogP contribution in [0.1, 0.15) is 65.0 Å². The molecule has 49 heavy (non-hydrogen) atoms. The summed E-state index contributed by atoms with van der Waals surface area (Å²) in [5.41, 5.74) is 8.92. The largest absolute Gasteiger partial charge is 0.322 e. The Bertz CT molecular complexity index is 1830. The van der Waals surface area contributed by atoms with Crippen LogP contribution in [0.5, 0.6) is 0 Å². The van der Waals surface area contributed by atoms with Crippen LogP contribution in [0.3, 0.4) is 0 Å². The van der Waals surface area contributed by atoms with Crippen LogP contribution in [0.2, 0.25) is 20.1 Å². The van der Waals surface area contributed by atoms with Gasteiger partial charge in [0.25, 0.3) is 11.8 Å². The first-order valence-electron chi connectivity index (χ1n) is 14.8. The van der Waals surface area contributed by atoms with E-state index in [9.17, 15) is 19.2 Å². The molecule has 0 fully saturated rings. The number of amides is 4. The van der Waals surface area contributed by atoms with Crippen molar-refractivity contribution in [2.24, 2.45) is 10.2 Å². The van der Waals surface area contributed by atoms with E-state index in [-0.39, 0.29) is 52.2 Å². The third kappa shape index (κ3) is 11.2. The molecule has 14 heteroatoms. The van der Waals surface area contributed by atoms with E-state index < -0.39 is 11.8 Å². The van der Waals surface area contributed by atoms with Gasteiger partial charge in [-0.3, -0.25) is 19.2 Å². The first-order chi connectivity index (χ1) is 23.4. The minimum Gasteiger partial charge on any atom is -0.322 e. The molecule has 4 amide bonds. The molecule has 0 radical (unpaired) electrons. The Morgan fingerprint density at radius 2 is 0.980 bits per heavy atom. The molecule has 252 valence electrons. The van der Waals surface area contributed by atoms with Crippen molar-refractivity contribution in [3.05, 3.63) is 127 Å². The molecule has 0 aliphatic rings. The SMILES string of the molecule is C/C(=N\NC(=O)CCCC(=O)N/N=C(\C)c1cccc(NC(=O)c2ccc(Cl)cc2Cl)c1)c1cccc(NC(=O)c2ccc(Cl)cc2Cl)c1. The van der Waals surface area contributed by atoms with Gasteiger partial charge in [0.05, 0.1) is 32.6 Å². The fourth-order valence-electron chi connectivity index (χ4n) is 4.33. The van der Waals surface area contributed by atoms with Crippen LogP contribution in [0.15, 0.2) is 95.1 Å². The quantitative estimate of drug-likeness (QED) is 0.0856. The molecule has 0 unspecified atom stereocenters. The molecule has 4 aromatic rings.